The first-order chi connectivity index (χ1) is 13.6. The molecule has 0 saturated heterocycles. The minimum absolute atomic E-state index is 0.0567. The molecular formula is C23H29NO3S. The quantitative estimate of drug-likeness (QED) is 0.485. The summed E-state index contributed by atoms with van der Waals surface area (Å²) < 4.78 is 5.96. The van der Waals surface area contributed by atoms with E-state index in [2.05, 4.69) is 5.32 Å². The fourth-order valence-corrected chi connectivity index (χ4v) is 4.54. The first kappa shape index (κ1) is 20.7. The third-order valence-corrected chi connectivity index (χ3v) is 6.55. The minimum atomic E-state index is -0.253. The van der Waals surface area contributed by atoms with Crippen molar-refractivity contribution in [2.75, 3.05) is 13.1 Å². The molecule has 150 valence electrons. The molecule has 1 aromatic heterocycles. The summed E-state index contributed by atoms with van der Waals surface area (Å²) in [4.78, 5) is 26.0. The lowest BCUT2D eigenvalue weighted by molar-refractivity contribution is -0.153. The van der Waals surface area contributed by atoms with E-state index in [9.17, 15) is 9.59 Å². The van der Waals surface area contributed by atoms with Gasteiger partial charge in [-0.3, -0.25) is 9.59 Å². The molecule has 1 aliphatic carbocycles. The summed E-state index contributed by atoms with van der Waals surface area (Å²) in [7, 11) is 0. The van der Waals surface area contributed by atoms with Crippen LogP contribution in [-0.2, 0) is 9.53 Å². The molecule has 0 radical (unpaired) electrons. The van der Waals surface area contributed by atoms with Gasteiger partial charge in [-0.25, -0.2) is 0 Å². The van der Waals surface area contributed by atoms with Gasteiger partial charge in [0.1, 0.15) is 6.10 Å². The number of thiophene rings is 1. The van der Waals surface area contributed by atoms with Crippen molar-refractivity contribution in [3.63, 3.8) is 0 Å². The molecule has 1 aliphatic rings. The number of carbonyl (C=O) groups excluding carboxylic acids is 2. The van der Waals surface area contributed by atoms with E-state index in [0.717, 1.165) is 17.7 Å². The lowest BCUT2D eigenvalue weighted by Crippen LogP contribution is -2.40. The predicted molar refractivity (Wildman–Crippen MR) is 113 cm³/mol. The van der Waals surface area contributed by atoms with E-state index in [1.807, 2.05) is 54.8 Å². The molecule has 1 N–H and O–H groups in total. The Morgan fingerprint density at radius 3 is 2.54 bits per heavy atom. The van der Waals surface area contributed by atoms with Crippen LogP contribution in [0.1, 0.15) is 60.2 Å². The largest absolute Gasteiger partial charge is 0.460 e. The summed E-state index contributed by atoms with van der Waals surface area (Å²) >= 11 is 1.58. The number of hydrogen-bond acceptors (Lipinski definition) is 5. The van der Waals surface area contributed by atoms with Crippen LogP contribution in [0.2, 0.25) is 0 Å². The Kier molecular flexibility index (Phi) is 7.80. The summed E-state index contributed by atoms with van der Waals surface area (Å²) in [6.45, 7) is 2.68. The van der Waals surface area contributed by atoms with Gasteiger partial charge in [-0.1, -0.05) is 55.7 Å². The SMILES string of the molecule is CC(C(=O)O[C@@H](CNCC(=O)c1ccccc1)C1CCCCC1)c1cccs1. The summed E-state index contributed by atoms with van der Waals surface area (Å²) in [5, 5.41) is 5.22. The van der Waals surface area contributed by atoms with E-state index >= 15 is 0 Å². The monoisotopic (exact) mass is 399 g/mol. The Morgan fingerprint density at radius 2 is 1.86 bits per heavy atom. The van der Waals surface area contributed by atoms with Gasteiger partial charge in [0.2, 0.25) is 0 Å². The molecule has 5 heteroatoms. The van der Waals surface area contributed by atoms with Crippen LogP contribution in [0.4, 0.5) is 0 Å². The summed E-state index contributed by atoms with van der Waals surface area (Å²) in [6, 6.07) is 13.2. The minimum Gasteiger partial charge on any atom is -0.460 e. The number of hydrogen-bond donors (Lipinski definition) is 1. The molecule has 1 saturated carbocycles. The molecular weight excluding hydrogens is 370 g/mol. The predicted octanol–water partition coefficient (Wildman–Crippen LogP) is 4.82. The Labute approximate surface area is 171 Å². The van der Waals surface area contributed by atoms with Crippen molar-refractivity contribution in [1.82, 2.24) is 5.32 Å². The van der Waals surface area contributed by atoms with Gasteiger partial charge in [0.15, 0.2) is 5.78 Å². The number of nitrogens with one attached hydrogen (secondary N) is 1. The van der Waals surface area contributed by atoms with Gasteiger partial charge in [-0.15, -0.1) is 11.3 Å². The van der Waals surface area contributed by atoms with E-state index in [1.165, 1.54) is 19.3 Å². The standard InChI is InChI=1S/C23H29NO3S/c1-17(22-13-8-14-28-22)23(26)27-21(19-11-6-3-7-12-19)16-24-15-20(25)18-9-4-2-5-10-18/h2,4-5,8-10,13-14,17,19,21,24H,3,6-7,11-12,15-16H2,1H3/t17?,21-/m0/s1. The molecule has 1 fully saturated rings. The van der Waals surface area contributed by atoms with E-state index in [0.29, 0.717) is 18.0 Å². The molecule has 1 heterocycles. The lowest BCUT2D eigenvalue weighted by Gasteiger charge is -2.31. The molecule has 2 aromatic rings. The fourth-order valence-electron chi connectivity index (χ4n) is 3.77. The van der Waals surface area contributed by atoms with Crippen LogP contribution >= 0.6 is 11.3 Å². The van der Waals surface area contributed by atoms with Gasteiger partial charge in [0, 0.05) is 17.0 Å². The van der Waals surface area contributed by atoms with Crippen LogP contribution in [-0.4, -0.2) is 30.9 Å². The second kappa shape index (κ2) is 10.5. The second-order valence-corrected chi connectivity index (χ2v) is 8.51. The zero-order chi connectivity index (χ0) is 19.8. The first-order valence-electron chi connectivity index (χ1n) is 10.2. The number of benzene rings is 1. The van der Waals surface area contributed by atoms with Crippen molar-refractivity contribution in [1.29, 1.82) is 0 Å². The van der Waals surface area contributed by atoms with Gasteiger partial charge < -0.3 is 10.1 Å². The fraction of sp³-hybridized carbons (Fsp3) is 0.478. The highest BCUT2D eigenvalue weighted by Crippen LogP contribution is 2.30. The normalized spacial score (nSPS) is 17.0. The van der Waals surface area contributed by atoms with E-state index < -0.39 is 0 Å². The van der Waals surface area contributed by atoms with Gasteiger partial charge >= 0.3 is 5.97 Å². The molecule has 1 unspecified atom stereocenters. The molecule has 4 nitrogen and oxygen atoms in total. The summed E-state index contributed by atoms with van der Waals surface area (Å²) in [5.74, 6) is 0.0000815. The molecule has 0 bridgehead atoms. The Hall–Kier alpha value is -1.98. The maximum absolute atomic E-state index is 12.7. The number of rotatable bonds is 9. The third-order valence-electron chi connectivity index (χ3n) is 5.49. The highest BCUT2D eigenvalue weighted by molar-refractivity contribution is 7.10. The number of esters is 1. The molecule has 3 rings (SSSR count). The van der Waals surface area contributed by atoms with E-state index in [1.54, 1.807) is 11.3 Å². The highest BCUT2D eigenvalue weighted by atomic mass is 32.1. The van der Waals surface area contributed by atoms with E-state index in [4.69, 9.17) is 4.74 Å². The van der Waals surface area contributed by atoms with Crippen LogP contribution in [0.5, 0.6) is 0 Å². The third kappa shape index (κ3) is 5.76. The highest BCUT2D eigenvalue weighted by Gasteiger charge is 2.29. The Balaban J connectivity index is 1.57. The average molecular weight is 400 g/mol. The van der Waals surface area contributed by atoms with Crippen LogP contribution in [0.25, 0.3) is 0 Å². The van der Waals surface area contributed by atoms with Crippen molar-refractivity contribution < 1.29 is 14.3 Å². The number of ketones is 1. The van der Waals surface area contributed by atoms with Gasteiger partial charge in [0.05, 0.1) is 12.5 Å². The molecule has 0 aliphatic heterocycles. The molecule has 2 atom stereocenters. The maximum Gasteiger partial charge on any atom is 0.314 e. The van der Waals surface area contributed by atoms with Crippen molar-refractivity contribution in [2.24, 2.45) is 5.92 Å². The lowest BCUT2D eigenvalue weighted by atomic mass is 9.85. The Morgan fingerprint density at radius 1 is 1.11 bits per heavy atom. The van der Waals surface area contributed by atoms with Crippen molar-refractivity contribution in [3.05, 3.63) is 58.3 Å². The smallest absolute Gasteiger partial charge is 0.314 e. The zero-order valence-electron chi connectivity index (χ0n) is 16.4. The first-order valence-corrected chi connectivity index (χ1v) is 11.1. The van der Waals surface area contributed by atoms with Gasteiger partial charge in [0.25, 0.3) is 0 Å². The van der Waals surface area contributed by atoms with Crippen LogP contribution in [0, 0.1) is 5.92 Å². The molecule has 28 heavy (non-hydrogen) atoms. The summed E-state index contributed by atoms with van der Waals surface area (Å²) in [6.07, 6.45) is 5.60. The van der Waals surface area contributed by atoms with Crippen molar-refractivity contribution >= 4 is 23.1 Å². The second-order valence-electron chi connectivity index (χ2n) is 7.53. The maximum atomic E-state index is 12.7. The average Bonchev–Trinajstić information content (AvgIpc) is 3.28. The summed E-state index contributed by atoms with van der Waals surface area (Å²) in [5.41, 5.74) is 0.701. The molecule has 0 amide bonds. The topological polar surface area (TPSA) is 55.4 Å². The van der Waals surface area contributed by atoms with Crippen LogP contribution in [0.15, 0.2) is 47.8 Å². The molecule has 0 spiro atoms. The van der Waals surface area contributed by atoms with Crippen molar-refractivity contribution in [2.45, 2.75) is 51.0 Å². The Bertz CT molecular complexity index is 738. The van der Waals surface area contributed by atoms with Gasteiger partial charge in [-0.05, 0) is 37.1 Å². The van der Waals surface area contributed by atoms with E-state index in [-0.39, 0.29) is 30.3 Å². The number of ether oxygens (including phenoxy) is 1. The van der Waals surface area contributed by atoms with Crippen LogP contribution < -0.4 is 5.32 Å². The van der Waals surface area contributed by atoms with Crippen molar-refractivity contribution in [3.8, 4) is 0 Å². The van der Waals surface area contributed by atoms with Crippen LogP contribution in [0.3, 0.4) is 0 Å². The zero-order valence-corrected chi connectivity index (χ0v) is 17.3. The molecule has 1 aromatic carbocycles. The number of Topliss-reactive ketones (excluding diaryl/α,β-unsaturated/α-hetero) is 1. The van der Waals surface area contributed by atoms with Gasteiger partial charge in [-0.2, -0.15) is 0 Å². The number of carbonyl (C=O) groups is 2.